The number of hydrogen-bond donors (Lipinski definition) is 1. The van der Waals surface area contributed by atoms with Crippen molar-refractivity contribution in [2.24, 2.45) is 0 Å². The van der Waals surface area contributed by atoms with E-state index in [1.807, 2.05) is 0 Å². The molecule has 0 atom stereocenters. The maximum absolute atomic E-state index is 11.1. The van der Waals surface area contributed by atoms with Gasteiger partial charge in [0.25, 0.3) is 5.91 Å². The third-order valence-electron chi connectivity index (χ3n) is 1.18. The minimum Gasteiger partial charge on any atom is -0.349 e. The molecule has 1 amide bonds. The lowest BCUT2D eigenvalue weighted by Crippen LogP contribution is -2.26. The van der Waals surface area contributed by atoms with Crippen LogP contribution in [-0.4, -0.2) is 28.3 Å². The number of carbonyl (C=O) groups excluding carboxylic acids is 1. The van der Waals surface area contributed by atoms with Crippen LogP contribution in [0, 0.1) is 0 Å². The van der Waals surface area contributed by atoms with Crippen LogP contribution in [-0.2, 0) is 0 Å². The molecule has 0 aromatic carbocycles. The normalized spacial score (nSPS) is 9.42. The maximum Gasteiger partial charge on any atom is 0.271 e. The van der Waals surface area contributed by atoms with Gasteiger partial charge < -0.3 is 5.32 Å². The number of amides is 1. The molecule has 0 unspecified atom stereocenters. The Kier molecular flexibility index (Phi) is 3.47. The van der Waals surface area contributed by atoms with E-state index < -0.39 is 0 Å². The highest BCUT2D eigenvalue weighted by Crippen LogP contribution is 1.88. The van der Waals surface area contributed by atoms with Crippen LogP contribution in [0.15, 0.2) is 18.6 Å². The van der Waals surface area contributed by atoms with Crippen LogP contribution in [0.3, 0.4) is 0 Å². The van der Waals surface area contributed by atoms with Crippen LogP contribution in [0.25, 0.3) is 0 Å². The third-order valence-corrected chi connectivity index (χ3v) is 1.36. The lowest BCUT2D eigenvalue weighted by atomic mass is 10.4. The summed E-state index contributed by atoms with van der Waals surface area (Å²) in [6, 6.07) is 0. The first-order valence-electron chi connectivity index (χ1n) is 3.45. The molecule has 0 spiro atoms. The van der Waals surface area contributed by atoms with Crippen molar-refractivity contribution in [3.8, 4) is 0 Å². The average Bonchev–Trinajstić information content (AvgIpc) is 2.15. The highest BCUT2D eigenvalue weighted by molar-refractivity contribution is 6.18. The number of aromatic nitrogens is 2. The van der Waals surface area contributed by atoms with Gasteiger partial charge in [0, 0.05) is 24.8 Å². The van der Waals surface area contributed by atoms with E-state index in [1.54, 1.807) is 0 Å². The van der Waals surface area contributed by atoms with Gasteiger partial charge >= 0.3 is 0 Å². The fourth-order valence-corrected chi connectivity index (χ4v) is 0.762. The van der Waals surface area contributed by atoms with Crippen molar-refractivity contribution >= 4 is 17.5 Å². The van der Waals surface area contributed by atoms with Gasteiger partial charge in [0.15, 0.2) is 0 Å². The van der Waals surface area contributed by atoms with Crippen molar-refractivity contribution in [1.29, 1.82) is 0 Å². The number of hydrogen-bond acceptors (Lipinski definition) is 3. The van der Waals surface area contributed by atoms with E-state index in [4.69, 9.17) is 11.6 Å². The van der Waals surface area contributed by atoms with Crippen molar-refractivity contribution in [1.82, 2.24) is 15.3 Å². The van der Waals surface area contributed by atoms with Crippen molar-refractivity contribution in [2.45, 2.75) is 0 Å². The molecule has 12 heavy (non-hydrogen) atoms. The minimum atomic E-state index is -0.247. The summed E-state index contributed by atoms with van der Waals surface area (Å²) in [5.74, 6) is 0.148. The van der Waals surface area contributed by atoms with Crippen LogP contribution in [0.2, 0.25) is 0 Å². The van der Waals surface area contributed by atoms with Crippen LogP contribution in [0.4, 0.5) is 0 Å². The van der Waals surface area contributed by atoms with Crippen molar-refractivity contribution < 1.29 is 4.79 Å². The van der Waals surface area contributed by atoms with Gasteiger partial charge in [-0.2, -0.15) is 0 Å². The maximum atomic E-state index is 11.1. The third kappa shape index (κ3) is 2.47. The summed E-state index contributed by atoms with van der Waals surface area (Å²) in [6.07, 6.45) is 4.39. The van der Waals surface area contributed by atoms with Crippen molar-refractivity contribution in [3.05, 3.63) is 24.3 Å². The molecule has 0 aliphatic rings. The fourth-order valence-electron chi connectivity index (χ4n) is 0.668. The molecule has 0 saturated carbocycles. The topological polar surface area (TPSA) is 54.9 Å². The smallest absolute Gasteiger partial charge is 0.271 e. The van der Waals surface area contributed by atoms with Gasteiger partial charge in [0.05, 0.1) is 6.20 Å². The first-order valence-corrected chi connectivity index (χ1v) is 3.98. The molecular formula is C7H8ClN3O. The summed E-state index contributed by atoms with van der Waals surface area (Å²) in [6.45, 7) is 0.441. The molecule has 1 heterocycles. The first kappa shape index (κ1) is 8.93. The SMILES string of the molecule is O=C(NCCCl)c1cnccn1. The first-order chi connectivity index (χ1) is 5.84. The van der Waals surface area contributed by atoms with Gasteiger partial charge in [-0.25, -0.2) is 4.98 Å². The predicted molar refractivity (Wildman–Crippen MR) is 45.1 cm³/mol. The van der Waals surface area contributed by atoms with Crippen molar-refractivity contribution in [2.75, 3.05) is 12.4 Å². The Morgan fingerprint density at radius 1 is 1.58 bits per heavy atom. The van der Waals surface area contributed by atoms with Gasteiger partial charge in [0.1, 0.15) is 5.69 Å². The second-order valence-electron chi connectivity index (χ2n) is 2.04. The number of alkyl halides is 1. The largest absolute Gasteiger partial charge is 0.349 e. The Morgan fingerprint density at radius 3 is 3.00 bits per heavy atom. The van der Waals surface area contributed by atoms with E-state index in [0.29, 0.717) is 18.1 Å². The second kappa shape index (κ2) is 4.66. The van der Waals surface area contributed by atoms with E-state index in [1.165, 1.54) is 18.6 Å². The molecule has 1 N–H and O–H groups in total. The van der Waals surface area contributed by atoms with Gasteiger partial charge in [-0.05, 0) is 0 Å². The van der Waals surface area contributed by atoms with Crippen LogP contribution >= 0.6 is 11.6 Å². The number of carbonyl (C=O) groups is 1. The summed E-state index contributed by atoms with van der Waals surface area (Å²) in [5, 5.41) is 2.58. The van der Waals surface area contributed by atoms with E-state index in [2.05, 4.69) is 15.3 Å². The quantitative estimate of drug-likeness (QED) is 0.696. The molecule has 4 nitrogen and oxygen atoms in total. The summed E-state index contributed by atoms with van der Waals surface area (Å²) < 4.78 is 0. The van der Waals surface area contributed by atoms with Gasteiger partial charge in [-0.1, -0.05) is 0 Å². The molecule has 0 bridgehead atoms. The number of nitrogens with one attached hydrogen (secondary N) is 1. The van der Waals surface area contributed by atoms with Crippen LogP contribution in [0.5, 0.6) is 0 Å². The van der Waals surface area contributed by atoms with Gasteiger partial charge in [-0.3, -0.25) is 9.78 Å². The number of halogens is 1. The van der Waals surface area contributed by atoms with E-state index in [9.17, 15) is 4.79 Å². The molecule has 1 aromatic rings. The molecule has 0 aliphatic heterocycles. The minimum absolute atomic E-state index is 0.247. The zero-order chi connectivity index (χ0) is 8.81. The summed E-state index contributed by atoms with van der Waals surface area (Å²) >= 11 is 5.38. The zero-order valence-electron chi connectivity index (χ0n) is 6.33. The van der Waals surface area contributed by atoms with Crippen molar-refractivity contribution in [3.63, 3.8) is 0 Å². The Hall–Kier alpha value is -1.16. The van der Waals surface area contributed by atoms with Gasteiger partial charge in [0.2, 0.25) is 0 Å². The number of nitrogens with zero attached hydrogens (tertiary/aromatic N) is 2. The molecule has 1 aromatic heterocycles. The summed E-state index contributed by atoms with van der Waals surface area (Å²) in [5.41, 5.74) is 0.308. The molecule has 0 saturated heterocycles. The summed E-state index contributed by atoms with van der Waals surface area (Å²) in [4.78, 5) is 18.7. The zero-order valence-corrected chi connectivity index (χ0v) is 7.08. The van der Waals surface area contributed by atoms with E-state index in [-0.39, 0.29) is 5.91 Å². The lowest BCUT2D eigenvalue weighted by molar-refractivity contribution is 0.0950. The monoisotopic (exact) mass is 185 g/mol. The lowest BCUT2D eigenvalue weighted by Gasteiger charge is -1.99. The fraction of sp³-hybridized carbons (Fsp3) is 0.286. The highest BCUT2D eigenvalue weighted by Gasteiger charge is 2.03. The van der Waals surface area contributed by atoms with Gasteiger partial charge in [-0.15, -0.1) is 11.6 Å². The molecule has 0 aliphatic carbocycles. The Bertz CT molecular complexity index is 252. The van der Waals surface area contributed by atoms with E-state index >= 15 is 0 Å². The standard InChI is InChI=1S/C7H8ClN3O/c8-1-2-11-7(12)6-5-9-3-4-10-6/h3-5H,1-2H2,(H,11,12). The number of rotatable bonds is 3. The molecule has 1 rings (SSSR count). The molecule has 0 fully saturated rings. The Morgan fingerprint density at radius 2 is 2.42 bits per heavy atom. The Balaban J connectivity index is 2.54. The Labute approximate surface area is 75.0 Å². The van der Waals surface area contributed by atoms with E-state index in [0.717, 1.165) is 0 Å². The molecule has 5 heteroatoms. The highest BCUT2D eigenvalue weighted by atomic mass is 35.5. The van der Waals surface area contributed by atoms with Crippen LogP contribution < -0.4 is 5.32 Å². The molecular weight excluding hydrogens is 178 g/mol. The average molecular weight is 186 g/mol. The summed E-state index contributed by atoms with van der Waals surface area (Å²) in [7, 11) is 0. The molecule has 0 radical (unpaired) electrons. The predicted octanol–water partition coefficient (Wildman–Crippen LogP) is 0.445. The van der Waals surface area contributed by atoms with Crippen LogP contribution in [0.1, 0.15) is 10.5 Å². The second-order valence-corrected chi connectivity index (χ2v) is 2.41. The molecule has 64 valence electrons.